The number of para-hydroxylation sites is 1. The standard InChI is InChI=1S/C14H15N3O2/c1-8-12-15-11-7-5-4-6-10(11)14(19)17(12)9(2)13(18)16(8)3/h4-9H,1-3H3. The zero-order chi connectivity index (χ0) is 13.7. The second-order valence-corrected chi connectivity index (χ2v) is 4.96. The minimum Gasteiger partial charge on any atom is -0.334 e. The average molecular weight is 257 g/mol. The van der Waals surface area contributed by atoms with Gasteiger partial charge in [-0.2, -0.15) is 0 Å². The number of fused-ring (bicyclic) bond motifs is 2. The van der Waals surface area contributed by atoms with Crippen LogP contribution in [0.2, 0.25) is 0 Å². The summed E-state index contributed by atoms with van der Waals surface area (Å²) in [4.78, 5) is 30.9. The minimum atomic E-state index is -0.499. The number of amides is 1. The number of hydrogen-bond acceptors (Lipinski definition) is 3. The van der Waals surface area contributed by atoms with Gasteiger partial charge in [0, 0.05) is 7.05 Å². The normalized spacial score (nSPS) is 22.7. The first kappa shape index (κ1) is 11.9. The summed E-state index contributed by atoms with van der Waals surface area (Å²) in [5.41, 5.74) is 0.543. The molecule has 1 aromatic heterocycles. The second kappa shape index (κ2) is 3.91. The number of carbonyl (C=O) groups is 1. The quantitative estimate of drug-likeness (QED) is 0.718. The summed E-state index contributed by atoms with van der Waals surface area (Å²) < 4.78 is 1.52. The fraction of sp³-hybridized carbons (Fsp3) is 0.357. The first-order valence-corrected chi connectivity index (χ1v) is 6.30. The van der Waals surface area contributed by atoms with Crippen molar-refractivity contribution in [2.75, 3.05) is 7.05 Å². The Morgan fingerprint density at radius 2 is 1.79 bits per heavy atom. The van der Waals surface area contributed by atoms with Crippen LogP contribution >= 0.6 is 0 Å². The molecule has 19 heavy (non-hydrogen) atoms. The summed E-state index contributed by atoms with van der Waals surface area (Å²) in [7, 11) is 1.74. The largest absolute Gasteiger partial charge is 0.334 e. The van der Waals surface area contributed by atoms with Crippen LogP contribution in [-0.2, 0) is 4.79 Å². The van der Waals surface area contributed by atoms with Crippen LogP contribution in [-0.4, -0.2) is 27.4 Å². The van der Waals surface area contributed by atoms with E-state index in [1.165, 1.54) is 4.57 Å². The van der Waals surface area contributed by atoms with E-state index in [0.717, 1.165) is 0 Å². The van der Waals surface area contributed by atoms with E-state index < -0.39 is 6.04 Å². The molecule has 0 saturated heterocycles. The number of benzene rings is 1. The molecule has 0 saturated carbocycles. The highest BCUT2D eigenvalue weighted by Gasteiger charge is 2.34. The molecule has 0 fully saturated rings. The number of carbonyl (C=O) groups excluding carboxylic acids is 1. The Morgan fingerprint density at radius 3 is 2.53 bits per heavy atom. The molecule has 0 N–H and O–H groups in total. The lowest BCUT2D eigenvalue weighted by Crippen LogP contribution is -2.46. The highest BCUT2D eigenvalue weighted by atomic mass is 16.2. The highest BCUT2D eigenvalue weighted by Crippen LogP contribution is 2.28. The van der Waals surface area contributed by atoms with Crippen molar-refractivity contribution in [2.24, 2.45) is 0 Å². The number of hydrogen-bond donors (Lipinski definition) is 0. The van der Waals surface area contributed by atoms with Crippen molar-refractivity contribution in [2.45, 2.75) is 25.9 Å². The van der Waals surface area contributed by atoms with Crippen LogP contribution in [0.5, 0.6) is 0 Å². The molecule has 1 aliphatic heterocycles. The number of nitrogens with zero attached hydrogens (tertiary/aromatic N) is 3. The van der Waals surface area contributed by atoms with Crippen molar-refractivity contribution in [3.63, 3.8) is 0 Å². The summed E-state index contributed by atoms with van der Waals surface area (Å²) >= 11 is 0. The van der Waals surface area contributed by atoms with Gasteiger partial charge < -0.3 is 4.90 Å². The zero-order valence-electron chi connectivity index (χ0n) is 11.1. The Hall–Kier alpha value is -2.17. The molecule has 0 aliphatic carbocycles. The molecule has 1 amide bonds. The van der Waals surface area contributed by atoms with Gasteiger partial charge in [-0.1, -0.05) is 12.1 Å². The van der Waals surface area contributed by atoms with Gasteiger partial charge >= 0.3 is 0 Å². The monoisotopic (exact) mass is 257 g/mol. The van der Waals surface area contributed by atoms with E-state index in [9.17, 15) is 9.59 Å². The molecular formula is C14H15N3O2. The van der Waals surface area contributed by atoms with Gasteiger partial charge in [0.2, 0.25) is 5.91 Å². The second-order valence-electron chi connectivity index (χ2n) is 4.96. The molecule has 0 radical (unpaired) electrons. The fourth-order valence-corrected chi connectivity index (χ4v) is 2.60. The van der Waals surface area contributed by atoms with E-state index in [-0.39, 0.29) is 17.5 Å². The molecule has 2 atom stereocenters. The van der Waals surface area contributed by atoms with Crippen molar-refractivity contribution in [1.82, 2.24) is 14.5 Å². The van der Waals surface area contributed by atoms with Gasteiger partial charge in [0.1, 0.15) is 11.9 Å². The van der Waals surface area contributed by atoms with Gasteiger partial charge in [0.15, 0.2) is 0 Å². The zero-order valence-corrected chi connectivity index (χ0v) is 11.1. The van der Waals surface area contributed by atoms with Crippen LogP contribution in [0, 0.1) is 0 Å². The first-order chi connectivity index (χ1) is 9.02. The number of aromatic nitrogens is 2. The first-order valence-electron chi connectivity index (χ1n) is 6.30. The lowest BCUT2D eigenvalue weighted by Gasteiger charge is -2.35. The summed E-state index contributed by atoms with van der Waals surface area (Å²) in [5.74, 6) is 0.595. The van der Waals surface area contributed by atoms with Crippen LogP contribution in [0.25, 0.3) is 10.9 Å². The highest BCUT2D eigenvalue weighted by molar-refractivity contribution is 5.83. The molecular weight excluding hydrogens is 242 g/mol. The average Bonchev–Trinajstić information content (AvgIpc) is 2.43. The van der Waals surface area contributed by atoms with E-state index in [4.69, 9.17) is 0 Å². The van der Waals surface area contributed by atoms with Crippen LogP contribution < -0.4 is 5.56 Å². The SMILES string of the molecule is CC1c2nc3ccccc3c(=O)n2C(C)C(=O)N1C. The Morgan fingerprint density at radius 1 is 1.11 bits per heavy atom. The number of rotatable bonds is 0. The van der Waals surface area contributed by atoms with Gasteiger partial charge in [-0.25, -0.2) is 4.98 Å². The van der Waals surface area contributed by atoms with Gasteiger partial charge in [-0.15, -0.1) is 0 Å². The number of likely N-dealkylation sites (N-methyl/N-ethyl adjacent to an activating group) is 1. The van der Waals surface area contributed by atoms with Gasteiger partial charge in [0.05, 0.1) is 16.9 Å². The fourth-order valence-electron chi connectivity index (χ4n) is 2.60. The van der Waals surface area contributed by atoms with Crippen LogP contribution in [0.15, 0.2) is 29.1 Å². The van der Waals surface area contributed by atoms with Crippen molar-refractivity contribution < 1.29 is 4.79 Å². The molecule has 0 bridgehead atoms. The molecule has 5 nitrogen and oxygen atoms in total. The Labute approximate surface area is 110 Å². The molecule has 98 valence electrons. The van der Waals surface area contributed by atoms with Gasteiger partial charge in [-0.05, 0) is 26.0 Å². The Balaban J connectivity index is 2.42. The summed E-state index contributed by atoms with van der Waals surface area (Å²) in [6.45, 7) is 3.63. The lowest BCUT2D eigenvalue weighted by atomic mass is 10.1. The van der Waals surface area contributed by atoms with Crippen LogP contribution in [0.3, 0.4) is 0 Å². The predicted molar refractivity (Wildman–Crippen MR) is 71.9 cm³/mol. The maximum Gasteiger partial charge on any atom is 0.262 e. The molecule has 2 aromatic rings. The predicted octanol–water partition coefficient (Wildman–Crippen LogP) is 1.49. The van der Waals surface area contributed by atoms with E-state index in [1.54, 1.807) is 24.9 Å². The van der Waals surface area contributed by atoms with Gasteiger partial charge in [-0.3, -0.25) is 14.2 Å². The van der Waals surface area contributed by atoms with Crippen LogP contribution in [0.1, 0.15) is 31.8 Å². The van der Waals surface area contributed by atoms with Crippen molar-refractivity contribution in [3.05, 3.63) is 40.4 Å². The van der Waals surface area contributed by atoms with E-state index >= 15 is 0 Å². The third-order valence-corrected chi connectivity index (χ3v) is 3.88. The molecule has 0 spiro atoms. The maximum atomic E-state index is 12.5. The van der Waals surface area contributed by atoms with E-state index in [2.05, 4.69) is 4.98 Å². The molecule has 5 heteroatoms. The third-order valence-electron chi connectivity index (χ3n) is 3.88. The lowest BCUT2D eigenvalue weighted by molar-refractivity contribution is -0.137. The summed E-state index contributed by atoms with van der Waals surface area (Å²) in [6, 6.07) is 6.55. The molecule has 2 heterocycles. The maximum absolute atomic E-state index is 12.5. The third kappa shape index (κ3) is 1.51. The summed E-state index contributed by atoms with van der Waals surface area (Å²) in [5, 5.41) is 0.558. The van der Waals surface area contributed by atoms with Gasteiger partial charge in [0.25, 0.3) is 5.56 Å². The molecule has 1 aromatic carbocycles. The topological polar surface area (TPSA) is 55.2 Å². The Bertz CT molecular complexity index is 735. The van der Waals surface area contributed by atoms with Crippen molar-refractivity contribution in [3.8, 4) is 0 Å². The molecule has 2 unspecified atom stereocenters. The van der Waals surface area contributed by atoms with Crippen molar-refractivity contribution >= 4 is 16.8 Å². The van der Waals surface area contributed by atoms with E-state index in [1.807, 2.05) is 25.1 Å². The minimum absolute atomic E-state index is 0.0563. The summed E-state index contributed by atoms with van der Waals surface area (Å²) in [6.07, 6.45) is 0. The smallest absolute Gasteiger partial charge is 0.262 e. The van der Waals surface area contributed by atoms with Crippen molar-refractivity contribution in [1.29, 1.82) is 0 Å². The molecule has 3 rings (SSSR count). The van der Waals surface area contributed by atoms with Crippen LogP contribution in [0.4, 0.5) is 0 Å². The molecule has 1 aliphatic rings. The Kier molecular flexibility index (Phi) is 2.45. The van der Waals surface area contributed by atoms with E-state index in [0.29, 0.717) is 16.7 Å².